The molecule has 1 saturated heterocycles. The maximum Gasteiger partial charge on any atom is 0.0662 e. The summed E-state index contributed by atoms with van der Waals surface area (Å²) in [6.45, 7) is 9.30. The molecule has 0 amide bonds. The molecule has 102 valence electrons. The Hall–Kier alpha value is -0.220. The van der Waals surface area contributed by atoms with Gasteiger partial charge in [-0.2, -0.15) is 0 Å². The van der Waals surface area contributed by atoms with Crippen LogP contribution < -0.4 is 5.32 Å². The highest BCUT2D eigenvalue weighted by molar-refractivity contribution is 8.00. The molecule has 18 heavy (non-hydrogen) atoms. The zero-order valence-electron chi connectivity index (χ0n) is 11.2. The third-order valence-electron chi connectivity index (χ3n) is 2.63. The van der Waals surface area contributed by atoms with Crippen molar-refractivity contribution in [1.82, 2.24) is 5.32 Å². The van der Waals surface area contributed by atoms with Gasteiger partial charge in [0.2, 0.25) is 0 Å². The minimum Gasteiger partial charge on any atom is -0.378 e. The molecule has 0 radical (unpaired) electrons. The lowest BCUT2D eigenvalue weighted by atomic mass is 10.1. The minimum atomic E-state index is 0. The van der Waals surface area contributed by atoms with E-state index in [2.05, 4.69) is 50.4 Å². The predicted molar refractivity (Wildman–Crippen MR) is 80.9 cm³/mol. The summed E-state index contributed by atoms with van der Waals surface area (Å²) in [5.74, 6) is 0. The van der Waals surface area contributed by atoms with E-state index in [1.165, 1.54) is 10.5 Å². The number of hydrogen-bond acceptors (Lipinski definition) is 3. The summed E-state index contributed by atoms with van der Waals surface area (Å²) < 4.78 is 5.79. The van der Waals surface area contributed by atoms with E-state index in [1.54, 1.807) is 0 Å². The number of halogens is 1. The minimum absolute atomic E-state index is 0. The first kappa shape index (κ1) is 15.8. The highest BCUT2D eigenvalue weighted by atomic mass is 35.5. The molecule has 4 heteroatoms. The second-order valence-electron chi connectivity index (χ2n) is 5.33. The zero-order chi connectivity index (χ0) is 12.3. The fraction of sp³-hybridized carbons (Fsp3) is 0.571. The van der Waals surface area contributed by atoms with E-state index < -0.39 is 0 Å². The summed E-state index contributed by atoms with van der Waals surface area (Å²) in [6, 6.07) is 8.98. The normalized spacial score (nSPS) is 20.3. The third-order valence-corrected chi connectivity index (χ3v) is 3.84. The molecule has 1 heterocycles. The molecule has 1 aliphatic rings. The van der Waals surface area contributed by atoms with Crippen molar-refractivity contribution in [1.29, 1.82) is 0 Å². The second kappa shape index (κ2) is 6.80. The Morgan fingerprint density at radius 2 is 2.00 bits per heavy atom. The van der Waals surface area contributed by atoms with Gasteiger partial charge in [-0.25, -0.2) is 0 Å². The number of ether oxygens (including phenoxy) is 1. The maximum atomic E-state index is 5.55. The van der Waals surface area contributed by atoms with Crippen LogP contribution in [0.15, 0.2) is 29.2 Å². The highest BCUT2D eigenvalue weighted by Gasteiger charge is 2.21. The molecule has 1 aromatic carbocycles. The van der Waals surface area contributed by atoms with Gasteiger partial charge in [-0.1, -0.05) is 39.0 Å². The van der Waals surface area contributed by atoms with Crippen molar-refractivity contribution >= 4 is 24.2 Å². The average Bonchev–Trinajstić information content (AvgIpc) is 2.29. The van der Waals surface area contributed by atoms with E-state index >= 15 is 0 Å². The van der Waals surface area contributed by atoms with E-state index in [4.69, 9.17) is 4.74 Å². The second-order valence-corrected chi connectivity index (χ2v) is 7.20. The molecular weight excluding hydrogens is 266 g/mol. The largest absolute Gasteiger partial charge is 0.378 e. The summed E-state index contributed by atoms with van der Waals surface area (Å²) in [5.41, 5.74) is 1.37. The standard InChI is InChI=1S/C14H21NOS.ClH/c1-14(2,3)17-13-7-5-4-6-11(13)12-10-16-9-8-15-12;/h4-7,12,15H,8-10H2,1-3H3;1H/t12-;/m0./s1. The molecule has 0 spiro atoms. The summed E-state index contributed by atoms with van der Waals surface area (Å²) in [5, 5.41) is 3.52. The summed E-state index contributed by atoms with van der Waals surface area (Å²) >= 11 is 1.93. The highest BCUT2D eigenvalue weighted by Crippen LogP contribution is 2.36. The SMILES string of the molecule is CC(C)(C)Sc1ccccc1[C@@H]1COCCN1.Cl. The van der Waals surface area contributed by atoms with Gasteiger partial charge < -0.3 is 10.1 Å². The molecule has 0 bridgehead atoms. The number of morpholine rings is 1. The molecule has 1 N–H and O–H groups in total. The van der Waals surface area contributed by atoms with Crippen LogP contribution in [-0.4, -0.2) is 24.5 Å². The Kier molecular flexibility index (Phi) is 5.99. The van der Waals surface area contributed by atoms with Crippen LogP contribution in [0.5, 0.6) is 0 Å². The van der Waals surface area contributed by atoms with Gasteiger partial charge >= 0.3 is 0 Å². The van der Waals surface area contributed by atoms with Gasteiger partial charge in [-0.05, 0) is 11.6 Å². The van der Waals surface area contributed by atoms with Crippen LogP contribution >= 0.6 is 24.2 Å². The van der Waals surface area contributed by atoms with E-state index in [0.717, 1.165) is 19.8 Å². The van der Waals surface area contributed by atoms with Gasteiger partial charge in [0.1, 0.15) is 0 Å². The fourth-order valence-corrected chi connectivity index (χ4v) is 3.09. The van der Waals surface area contributed by atoms with Crippen LogP contribution in [0.1, 0.15) is 32.4 Å². The number of hydrogen-bond donors (Lipinski definition) is 1. The molecule has 2 rings (SSSR count). The molecule has 1 atom stereocenters. The Labute approximate surface area is 120 Å². The quantitative estimate of drug-likeness (QED) is 0.839. The monoisotopic (exact) mass is 287 g/mol. The Bertz CT molecular complexity index is 372. The van der Waals surface area contributed by atoms with Crippen LogP contribution in [0.25, 0.3) is 0 Å². The number of rotatable bonds is 2. The van der Waals surface area contributed by atoms with Gasteiger partial charge in [0.15, 0.2) is 0 Å². The van der Waals surface area contributed by atoms with Crippen molar-refractivity contribution in [3.8, 4) is 0 Å². The first-order valence-corrected chi connectivity index (χ1v) is 6.97. The Morgan fingerprint density at radius 3 is 2.61 bits per heavy atom. The lowest BCUT2D eigenvalue weighted by Crippen LogP contribution is -2.34. The molecule has 1 aliphatic heterocycles. The molecule has 0 unspecified atom stereocenters. The van der Waals surface area contributed by atoms with Crippen LogP contribution in [0.4, 0.5) is 0 Å². The van der Waals surface area contributed by atoms with E-state index in [1.807, 2.05) is 11.8 Å². The van der Waals surface area contributed by atoms with Crippen LogP contribution in [-0.2, 0) is 4.74 Å². The van der Waals surface area contributed by atoms with E-state index in [0.29, 0.717) is 6.04 Å². The molecule has 1 fully saturated rings. The van der Waals surface area contributed by atoms with Crippen molar-refractivity contribution in [3.63, 3.8) is 0 Å². The van der Waals surface area contributed by atoms with E-state index in [9.17, 15) is 0 Å². The third kappa shape index (κ3) is 4.47. The maximum absolute atomic E-state index is 5.55. The lowest BCUT2D eigenvalue weighted by Gasteiger charge is -2.27. The van der Waals surface area contributed by atoms with Gasteiger partial charge in [0, 0.05) is 16.2 Å². The van der Waals surface area contributed by atoms with Gasteiger partial charge in [0.25, 0.3) is 0 Å². The Balaban J connectivity index is 0.00000162. The Morgan fingerprint density at radius 1 is 1.28 bits per heavy atom. The van der Waals surface area contributed by atoms with Crippen molar-refractivity contribution in [2.24, 2.45) is 0 Å². The summed E-state index contributed by atoms with van der Waals surface area (Å²) in [4.78, 5) is 1.36. The van der Waals surface area contributed by atoms with Crippen LogP contribution in [0.2, 0.25) is 0 Å². The number of nitrogens with one attached hydrogen (secondary N) is 1. The fourth-order valence-electron chi connectivity index (χ4n) is 1.96. The molecule has 0 aliphatic carbocycles. The number of thioether (sulfide) groups is 1. The average molecular weight is 288 g/mol. The predicted octanol–water partition coefficient (Wildman–Crippen LogP) is 3.66. The molecule has 1 aromatic rings. The van der Waals surface area contributed by atoms with Crippen molar-refractivity contribution in [3.05, 3.63) is 29.8 Å². The van der Waals surface area contributed by atoms with Crippen LogP contribution in [0, 0.1) is 0 Å². The van der Waals surface area contributed by atoms with Gasteiger partial charge in [-0.3, -0.25) is 0 Å². The van der Waals surface area contributed by atoms with Crippen molar-refractivity contribution in [2.45, 2.75) is 36.5 Å². The van der Waals surface area contributed by atoms with Gasteiger partial charge in [-0.15, -0.1) is 24.2 Å². The summed E-state index contributed by atoms with van der Waals surface area (Å²) in [6.07, 6.45) is 0. The van der Waals surface area contributed by atoms with Crippen molar-refractivity contribution < 1.29 is 4.74 Å². The molecule has 2 nitrogen and oxygen atoms in total. The smallest absolute Gasteiger partial charge is 0.0662 e. The van der Waals surface area contributed by atoms with Gasteiger partial charge in [0.05, 0.1) is 19.3 Å². The number of benzene rings is 1. The molecule has 0 aromatic heterocycles. The molecular formula is C14H22ClNOS. The topological polar surface area (TPSA) is 21.3 Å². The first-order chi connectivity index (χ1) is 8.06. The molecule has 0 saturated carbocycles. The van der Waals surface area contributed by atoms with E-state index in [-0.39, 0.29) is 17.2 Å². The van der Waals surface area contributed by atoms with Crippen LogP contribution in [0.3, 0.4) is 0 Å². The lowest BCUT2D eigenvalue weighted by molar-refractivity contribution is 0.0761. The zero-order valence-corrected chi connectivity index (χ0v) is 12.9. The van der Waals surface area contributed by atoms with Crippen molar-refractivity contribution in [2.75, 3.05) is 19.8 Å². The summed E-state index contributed by atoms with van der Waals surface area (Å²) in [7, 11) is 0. The first-order valence-electron chi connectivity index (χ1n) is 6.15.